The number of nitrogens with zero attached hydrogens (tertiary/aromatic N) is 2. The van der Waals surface area contributed by atoms with Crippen molar-refractivity contribution in [3.63, 3.8) is 0 Å². The summed E-state index contributed by atoms with van der Waals surface area (Å²) >= 11 is 0. The SMILES string of the molecule is N[C@@H](Cc1cccc(CS(=O)c2nc(-c3ccccc3)n[nH]2)c1)C(=O)O. The summed E-state index contributed by atoms with van der Waals surface area (Å²) < 4.78 is 12.6. The van der Waals surface area contributed by atoms with E-state index in [9.17, 15) is 9.00 Å². The Bertz CT molecular complexity index is 927. The number of aliphatic carboxylic acids is 1. The van der Waals surface area contributed by atoms with Crippen molar-refractivity contribution in [2.75, 3.05) is 0 Å². The molecule has 0 amide bonds. The van der Waals surface area contributed by atoms with Gasteiger partial charge in [0.15, 0.2) is 5.82 Å². The van der Waals surface area contributed by atoms with Crippen LogP contribution in [-0.2, 0) is 27.8 Å². The number of H-pyrrole nitrogens is 1. The normalized spacial score (nSPS) is 13.3. The van der Waals surface area contributed by atoms with Gasteiger partial charge in [-0.15, -0.1) is 0 Å². The number of hydrogen-bond acceptors (Lipinski definition) is 5. The Kier molecular flexibility index (Phi) is 5.55. The Morgan fingerprint density at radius 2 is 1.88 bits per heavy atom. The van der Waals surface area contributed by atoms with E-state index in [1.54, 1.807) is 12.1 Å². The zero-order valence-electron chi connectivity index (χ0n) is 13.8. The number of carboxylic acids is 1. The molecule has 7 nitrogen and oxygen atoms in total. The molecule has 26 heavy (non-hydrogen) atoms. The van der Waals surface area contributed by atoms with E-state index in [1.165, 1.54) is 0 Å². The molecule has 134 valence electrons. The Morgan fingerprint density at radius 1 is 1.15 bits per heavy atom. The van der Waals surface area contributed by atoms with Crippen LogP contribution in [0, 0.1) is 0 Å². The van der Waals surface area contributed by atoms with E-state index in [2.05, 4.69) is 15.2 Å². The number of benzene rings is 2. The molecule has 3 rings (SSSR count). The van der Waals surface area contributed by atoms with Crippen molar-refractivity contribution in [3.05, 3.63) is 65.7 Å². The Morgan fingerprint density at radius 3 is 2.62 bits per heavy atom. The predicted molar refractivity (Wildman–Crippen MR) is 97.7 cm³/mol. The van der Waals surface area contributed by atoms with Crippen molar-refractivity contribution in [1.29, 1.82) is 0 Å². The molecule has 0 bridgehead atoms. The number of rotatable bonds is 7. The summed E-state index contributed by atoms with van der Waals surface area (Å²) in [6.07, 6.45) is 0.219. The molecule has 0 aliphatic heterocycles. The molecule has 2 atom stereocenters. The molecular formula is C18H18N4O3S. The van der Waals surface area contributed by atoms with Gasteiger partial charge < -0.3 is 10.8 Å². The largest absolute Gasteiger partial charge is 0.480 e. The first kappa shape index (κ1) is 18.0. The van der Waals surface area contributed by atoms with E-state index >= 15 is 0 Å². The summed E-state index contributed by atoms with van der Waals surface area (Å²) in [6.45, 7) is 0. The third-order valence-corrected chi connectivity index (χ3v) is 4.98. The zero-order chi connectivity index (χ0) is 18.5. The second kappa shape index (κ2) is 8.03. The van der Waals surface area contributed by atoms with Gasteiger partial charge in [0.25, 0.3) is 0 Å². The van der Waals surface area contributed by atoms with Gasteiger partial charge in [-0.3, -0.25) is 14.1 Å². The summed E-state index contributed by atoms with van der Waals surface area (Å²) in [5.41, 5.74) is 8.01. The minimum absolute atomic E-state index is 0.219. The number of aromatic nitrogens is 3. The quantitative estimate of drug-likeness (QED) is 0.582. The Hall–Kier alpha value is -2.84. The highest BCUT2D eigenvalue weighted by Crippen LogP contribution is 2.17. The number of hydrogen-bond donors (Lipinski definition) is 3. The van der Waals surface area contributed by atoms with Gasteiger partial charge in [0.2, 0.25) is 5.16 Å². The van der Waals surface area contributed by atoms with Crippen molar-refractivity contribution in [3.8, 4) is 11.4 Å². The Labute approximate surface area is 152 Å². The average Bonchev–Trinajstić information content (AvgIpc) is 3.13. The maximum Gasteiger partial charge on any atom is 0.320 e. The smallest absolute Gasteiger partial charge is 0.320 e. The van der Waals surface area contributed by atoms with Crippen LogP contribution in [0.3, 0.4) is 0 Å². The second-order valence-electron chi connectivity index (χ2n) is 5.79. The molecule has 4 N–H and O–H groups in total. The lowest BCUT2D eigenvalue weighted by Crippen LogP contribution is -2.32. The number of nitrogens with one attached hydrogen (secondary N) is 1. The Balaban J connectivity index is 1.70. The molecule has 2 aromatic carbocycles. The maximum absolute atomic E-state index is 12.6. The summed E-state index contributed by atoms with van der Waals surface area (Å²) in [6, 6.07) is 15.7. The summed E-state index contributed by atoms with van der Waals surface area (Å²) in [5.74, 6) is -0.302. The highest BCUT2D eigenvalue weighted by atomic mass is 32.2. The minimum atomic E-state index is -1.39. The highest BCUT2D eigenvalue weighted by molar-refractivity contribution is 7.84. The minimum Gasteiger partial charge on any atom is -0.480 e. The van der Waals surface area contributed by atoms with Gasteiger partial charge in [-0.25, -0.2) is 0 Å². The molecule has 0 saturated carbocycles. The van der Waals surface area contributed by atoms with Gasteiger partial charge in [-0.2, -0.15) is 10.1 Å². The summed E-state index contributed by atoms with van der Waals surface area (Å²) in [4.78, 5) is 15.2. The molecule has 0 fully saturated rings. The first-order valence-corrected chi connectivity index (χ1v) is 9.27. The molecule has 0 aliphatic rings. The van der Waals surface area contributed by atoms with E-state index in [0.29, 0.717) is 11.0 Å². The van der Waals surface area contributed by atoms with E-state index in [1.807, 2.05) is 42.5 Å². The molecule has 0 radical (unpaired) electrons. The second-order valence-corrected chi connectivity index (χ2v) is 7.16. The van der Waals surface area contributed by atoms with Gasteiger partial charge in [0.1, 0.15) is 6.04 Å². The van der Waals surface area contributed by atoms with E-state index < -0.39 is 22.8 Å². The lowest BCUT2D eigenvalue weighted by Gasteiger charge is -2.08. The topological polar surface area (TPSA) is 122 Å². The van der Waals surface area contributed by atoms with Crippen LogP contribution in [0.25, 0.3) is 11.4 Å². The molecule has 3 aromatic rings. The van der Waals surface area contributed by atoms with Crippen molar-refractivity contribution in [2.24, 2.45) is 5.73 Å². The standard InChI is InChI=1S/C18H18N4O3S/c19-15(17(23)24)10-12-5-4-6-13(9-12)11-26(25)18-20-16(21-22-18)14-7-2-1-3-8-14/h1-9,15H,10-11,19H2,(H,23,24)(H,20,21,22)/t15-,26?/m0/s1. The molecule has 0 aliphatic carbocycles. The van der Waals surface area contributed by atoms with Gasteiger partial charge >= 0.3 is 5.97 Å². The van der Waals surface area contributed by atoms with Crippen LogP contribution in [0.2, 0.25) is 0 Å². The van der Waals surface area contributed by atoms with Crippen LogP contribution >= 0.6 is 0 Å². The van der Waals surface area contributed by atoms with Gasteiger partial charge in [-0.1, -0.05) is 54.6 Å². The molecule has 1 aromatic heterocycles. The van der Waals surface area contributed by atoms with Crippen LogP contribution in [0.4, 0.5) is 0 Å². The zero-order valence-corrected chi connectivity index (χ0v) is 14.6. The number of aromatic amines is 1. The van der Waals surface area contributed by atoms with Crippen LogP contribution < -0.4 is 5.73 Å². The summed E-state index contributed by atoms with van der Waals surface area (Å²) in [5, 5.41) is 16.1. The fourth-order valence-electron chi connectivity index (χ4n) is 2.47. The fourth-order valence-corrected chi connectivity index (χ4v) is 3.43. The lowest BCUT2D eigenvalue weighted by atomic mass is 10.0. The predicted octanol–water partition coefficient (Wildman–Crippen LogP) is 1.73. The average molecular weight is 370 g/mol. The maximum atomic E-state index is 12.6. The van der Waals surface area contributed by atoms with Crippen LogP contribution in [0.1, 0.15) is 11.1 Å². The van der Waals surface area contributed by atoms with E-state index in [-0.39, 0.29) is 12.2 Å². The van der Waals surface area contributed by atoms with Gasteiger partial charge in [0.05, 0.1) is 16.6 Å². The van der Waals surface area contributed by atoms with E-state index in [0.717, 1.165) is 16.7 Å². The third kappa shape index (κ3) is 4.41. The van der Waals surface area contributed by atoms with Crippen molar-refractivity contribution >= 4 is 16.8 Å². The number of nitrogens with two attached hydrogens (primary N) is 1. The molecule has 1 unspecified atom stereocenters. The molecular weight excluding hydrogens is 352 g/mol. The first-order chi connectivity index (χ1) is 12.5. The number of carboxylic acid groups (broad SMARTS) is 1. The first-order valence-electron chi connectivity index (χ1n) is 7.95. The third-order valence-electron chi connectivity index (χ3n) is 3.77. The monoisotopic (exact) mass is 370 g/mol. The van der Waals surface area contributed by atoms with Crippen LogP contribution in [0.15, 0.2) is 59.8 Å². The summed E-state index contributed by atoms with van der Waals surface area (Å²) in [7, 11) is -1.39. The molecule has 8 heteroatoms. The molecule has 0 saturated heterocycles. The lowest BCUT2D eigenvalue weighted by molar-refractivity contribution is -0.138. The van der Waals surface area contributed by atoms with Crippen LogP contribution in [0.5, 0.6) is 0 Å². The van der Waals surface area contributed by atoms with Crippen molar-refractivity contribution in [1.82, 2.24) is 15.2 Å². The molecule has 0 spiro atoms. The van der Waals surface area contributed by atoms with Crippen molar-refractivity contribution < 1.29 is 14.1 Å². The fraction of sp³-hybridized carbons (Fsp3) is 0.167. The molecule has 1 heterocycles. The van der Waals surface area contributed by atoms with Gasteiger partial charge in [-0.05, 0) is 17.5 Å². The van der Waals surface area contributed by atoms with Gasteiger partial charge in [0, 0.05) is 5.56 Å². The van der Waals surface area contributed by atoms with Crippen LogP contribution in [-0.4, -0.2) is 36.5 Å². The van der Waals surface area contributed by atoms with E-state index in [4.69, 9.17) is 10.8 Å². The number of carbonyl (C=O) groups is 1. The van der Waals surface area contributed by atoms with Crippen molar-refractivity contribution in [2.45, 2.75) is 23.4 Å². The highest BCUT2D eigenvalue weighted by Gasteiger charge is 2.14.